The second-order valence-electron chi connectivity index (χ2n) is 6.86. The lowest BCUT2D eigenvalue weighted by Crippen LogP contribution is -2.45. The van der Waals surface area contributed by atoms with E-state index in [-0.39, 0.29) is 17.7 Å². The Bertz CT molecular complexity index is 934. The van der Waals surface area contributed by atoms with Gasteiger partial charge in [0.1, 0.15) is 11.5 Å². The molecule has 0 radical (unpaired) electrons. The highest BCUT2D eigenvalue weighted by Gasteiger charge is 2.30. The zero-order valence-electron chi connectivity index (χ0n) is 15.5. The summed E-state index contributed by atoms with van der Waals surface area (Å²) in [6, 6.07) is 11.0. The fraction of sp³-hybridized carbons (Fsp3) is 0.286. The van der Waals surface area contributed by atoms with Crippen LogP contribution < -0.4 is 5.32 Å². The SMILES string of the molecule is O=C(NCc1ccco1)[C@H]1CCCN(C(=O)c2cccn2-c2cccnc2)C1. The Morgan fingerprint density at radius 3 is 2.93 bits per heavy atom. The molecule has 0 saturated carbocycles. The summed E-state index contributed by atoms with van der Waals surface area (Å²) in [7, 11) is 0. The molecule has 3 aromatic heterocycles. The van der Waals surface area contributed by atoms with Crippen molar-refractivity contribution in [1.29, 1.82) is 0 Å². The monoisotopic (exact) mass is 378 g/mol. The minimum atomic E-state index is -0.213. The van der Waals surface area contributed by atoms with Gasteiger partial charge >= 0.3 is 0 Å². The summed E-state index contributed by atoms with van der Waals surface area (Å²) in [6.45, 7) is 1.43. The summed E-state index contributed by atoms with van der Waals surface area (Å²) in [6.07, 6.45) is 8.43. The largest absolute Gasteiger partial charge is 0.467 e. The average Bonchev–Trinajstić information content (AvgIpc) is 3.44. The van der Waals surface area contributed by atoms with Crippen LogP contribution in [0.2, 0.25) is 0 Å². The molecule has 0 unspecified atom stereocenters. The Labute approximate surface area is 163 Å². The average molecular weight is 378 g/mol. The van der Waals surface area contributed by atoms with Crippen LogP contribution in [0.3, 0.4) is 0 Å². The second kappa shape index (κ2) is 8.12. The highest BCUT2D eigenvalue weighted by Crippen LogP contribution is 2.21. The number of pyridine rings is 1. The first-order valence-corrected chi connectivity index (χ1v) is 9.39. The maximum absolute atomic E-state index is 13.1. The number of hydrogen-bond donors (Lipinski definition) is 1. The predicted molar refractivity (Wildman–Crippen MR) is 103 cm³/mol. The Morgan fingerprint density at radius 1 is 1.21 bits per heavy atom. The molecular weight excluding hydrogens is 356 g/mol. The van der Waals surface area contributed by atoms with Gasteiger partial charge in [0.15, 0.2) is 0 Å². The first-order chi connectivity index (χ1) is 13.7. The van der Waals surface area contributed by atoms with Crippen molar-refractivity contribution in [1.82, 2.24) is 19.8 Å². The van der Waals surface area contributed by atoms with Crippen molar-refractivity contribution < 1.29 is 14.0 Å². The number of nitrogens with one attached hydrogen (secondary N) is 1. The lowest BCUT2D eigenvalue weighted by Gasteiger charge is -2.32. The number of nitrogens with zero attached hydrogens (tertiary/aromatic N) is 3. The van der Waals surface area contributed by atoms with Crippen LogP contribution in [-0.2, 0) is 11.3 Å². The number of furan rings is 1. The topological polar surface area (TPSA) is 80.4 Å². The van der Waals surface area contributed by atoms with Gasteiger partial charge in [0, 0.05) is 25.5 Å². The number of aromatic nitrogens is 2. The standard InChI is InChI=1S/C21H22N4O3/c26-20(23-14-18-7-4-12-28-18)16-5-2-10-24(15-16)21(27)19-8-3-11-25(19)17-6-1-9-22-13-17/h1,3-4,6-9,11-13,16H,2,5,10,14-15H2,(H,23,26)/t16-/m0/s1. The second-order valence-corrected chi connectivity index (χ2v) is 6.86. The maximum atomic E-state index is 13.1. The zero-order valence-corrected chi connectivity index (χ0v) is 15.5. The van der Waals surface area contributed by atoms with E-state index in [1.807, 2.05) is 35.0 Å². The van der Waals surface area contributed by atoms with Gasteiger partial charge in [0.05, 0.1) is 30.6 Å². The quantitative estimate of drug-likeness (QED) is 0.740. The molecule has 2 amide bonds. The van der Waals surface area contributed by atoms with E-state index in [1.54, 1.807) is 35.7 Å². The van der Waals surface area contributed by atoms with Crippen LogP contribution in [0.1, 0.15) is 29.1 Å². The molecule has 1 saturated heterocycles. The lowest BCUT2D eigenvalue weighted by molar-refractivity contribution is -0.126. The first kappa shape index (κ1) is 18.0. The van der Waals surface area contributed by atoms with E-state index in [1.165, 1.54) is 0 Å². The van der Waals surface area contributed by atoms with E-state index < -0.39 is 0 Å². The Kier molecular flexibility index (Phi) is 5.23. The summed E-state index contributed by atoms with van der Waals surface area (Å²) >= 11 is 0. The Hall–Kier alpha value is -3.35. The molecule has 1 aliphatic rings. The Balaban J connectivity index is 1.43. The van der Waals surface area contributed by atoms with Crippen LogP contribution in [0.4, 0.5) is 0 Å². The molecule has 28 heavy (non-hydrogen) atoms. The molecular formula is C21H22N4O3. The molecule has 1 N–H and O–H groups in total. The van der Waals surface area contributed by atoms with Gasteiger partial charge in [-0.2, -0.15) is 0 Å². The van der Waals surface area contributed by atoms with Gasteiger partial charge in [-0.15, -0.1) is 0 Å². The van der Waals surface area contributed by atoms with Gasteiger partial charge in [-0.25, -0.2) is 0 Å². The molecule has 1 fully saturated rings. The summed E-state index contributed by atoms with van der Waals surface area (Å²) in [5.74, 6) is 0.384. The molecule has 3 aromatic rings. The minimum absolute atomic E-state index is 0.0449. The lowest BCUT2D eigenvalue weighted by atomic mass is 9.97. The van der Waals surface area contributed by atoms with Crippen LogP contribution >= 0.6 is 0 Å². The van der Waals surface area contributed by atoms with Crippen molar-refractivity contribution in [2.45, 2.75) is 19.4 Å². The van der Waals surface area contributed by atoms with Gasteiger partial charge in [0.2, 0.25) is 5.91 Å². The molecule has 144 valence electrons. The molecule has 4 heterocycles. The molecule has 7 heteroatoms. The zero-order chi connectivity index (χ0) is 19.3. The number of rotatable bonds is 5. The minimum Gasteiger partial charge on any atom is -0.467 e. The fourth-order valence-corrected chi connectivity index (χ4v) is 3.55. The van der Waals surface area contributed by atoms with Crippen molar-refractivity contribution in [3.8, 4) is 5.69 Å². The van der Waals surface area contributed by atoms with E-state index in [0.717, 1.165) is 18.5 Å². The number of amides is 2. The summed E-state index contributed by atoms with van der Waals surface area (Å²) in [5.41, 5.74) is 1.41. The molecule has 4 rings (SSSR count). The molecule has 1 aliphatic heterocycles. The van der Waals surface area contributed by atoms with Gasteiger partial charge in [-0.05, 0) is 49.2 Å². The third-order valence-electron chi connectivity index (χ3n) is 4.99. The van der Waals surface area contributed by atoms with Gasteiger partial charge in [-0.3, -0.25) is 14.6 Å². The molecule has 0 bridgehead atoms. The number of hydrogen-bond acceptors (Lipinski definition) is 4. The molecule has 7 nitrogen and oxygen atoms in total. The van der Waals surface area contributed by atoms with Crippen LogP contribution in [0, 0.1) is 5.92 Å². The smallest absolute Gasteiger partial charge is 0.270 e. The van der Waals surface area contributed by atoms with Crippen LogP contribution in [-0.4, -0.2) is 39.4 Å². The van der Waals surface area contributed by atoms with Crippen molar-refractivity contribution in [3.05, 3.63) is 72.7 Å². The summed E-state index contributed by atoms with van der Waals surface area (Å²) < 4.78 is 7.08. The van der Waals surface area contributed by atoms with Crippen molar-refractivity contribution in [2.24, 2.45) is 5.92 Å². The molecule has 0 aromatic carbocycles. The third kappa shape index (κ3) is 3.83. The van der Waals surface area contributed by atoms with Crippen LogP contribution in [0.5, 0.6) is 0 Å². The predicted octanol–water partition coefficient (Wildman–Crippen LogP) is 2.63. The number of carbonyl (C=O) groups excluding carboxylic acids is 2. The van der Waals surface area contributed by atoms with Gasteiger partial charge in [-0.1, -0.05) is 0 Å². The van der Waals surface area contributed by atoms with Crippen LogP contribution in [0.15, 0.2) is 65.7 Å². The third-order valence-corrected chi connectivity index (χ3v) is 4.99. The van der Waals surface area contributed by atoms with Crippen molar-refractivity contribution in [2.75, 3.05) is 13.1 Å². The van der Waals surface area contributed by atoms with Crippen molar-refractivity contribution >= 4 is 11.8 Å². The number of likely N-dealkylation sites (tertiary alicyclic amines) is 1. The summed E-state index contributed by atoms with van der Waals surface area (Å²) in [4.78, 5) is 31.5. The first-order valence-electron chi connectivity index (χ1n) is 9.39. The highest BCUT2D eigenvalue weighted by atomic mass is 16.3. The molecule has 0 aliphatic carbocycles. The maximum Gasteiger partial charge on any atom is 0.270 e. The van der Waals surface area contributed by atoms with E-state index in [4.69, 9.17) is 4.42 Å². The highest BCUT2D eigenvalue weighted by molar-refractivity contribution is 5.94. The van der Waals surface area contributed by atoms with Gasteiger partial charge < -0.3 is 19.2 Å². The number of piperidine rings is 1. The Morgan fingerprint density at radius 2 is 2.14 bits per heavy atom. The van der Waals surface area contributed by atoms with E-state index in [0.29, 0.717) is 31.1 Å². The molecule has 0 spiro atoms. The van der Waals surface area contributed by atoms with E-state index in [9.17, 15) is 9.59 Å². The number of carbonyl (C=O) groups is 2. The van der Waals surface area contributed by atoms with E-state index >= 15 is 0 Å². The molecule has 1 atom stereocenters. The van der Waals surface area contributed by atoms with Crippen molar-refractivity contribution in [3.63, 3.8) is 0 Å². The van der Waals surface area contributed by atoms with Crippen LogP contribution in [0.25, 0.3) is 5.69 Å². The van der Waals surface area contributed by atoms with E-state index in [2.05, 4.69) is 10.3 Å². The fourth-order valence-electron chi connectivity index (χ4n) is 3.55. The van der Waals surface area contributed by atoms with Gasteiger partial charge in [0.25, 0.3) is 5.91 Å². The normalized spacial score (nSPS) is 16.7. The summed E-state index contributed by atoms with van der Waals surface area (Å²) in [5, 5.41) is 2.90.